The summed E-state index contributed by atoms with van der Waals surface area (Å²) in [5, 5.41) is 14.3. The molecule has 33 heavy (non-hydrogen) atoms. The number of amides is 2. The van der Waals surface area contributed by atoms with Gasteiger partial charge in [0, 0.05) is 17.9 Å². The molecule has 172 valence electrons. The van der Waals surface area contributed by atoms with Crippen molar-refractivity contribution in [3.8, 4) is 0 Å². The first kappa shape index (κ1) is 24.2. The van der Waals surface area contributed by atoms with E-state index in [9.17, 15) is 14.0 Å². The first-order valence-electron chi connectivity index (χ1n) is 10.5. The van der Waals surface area contributed by atoms with Gasteiger partial charge >= 0.3 is 0 Å². The lowest BCUT2D eigenvalue weighted by atomic mass is 10.0. The molecule has 0 saturated carbocycles. The van der Waals surface area contributed by atoms with E-state index < -0.39 is 0 Å². The number of anilines is 2. The normalized spacial score (nSPS) is 10.8. The summed E-state index contributed by atoms with van der Waals surface area (Å²) in [6, 6.07) is 13.3. The zero-order valence-corrected chi connectivity index (χ0v) is 19.4. The number of rotatable bonds is 10. The van der Waals surface area contributed by atoms with Gasteiger partial charge in [-0.25, -0.2) is 4.39 Å². The van der Waals surface area contributed by atoms with Crippen LogP contribution >= 0.6 is 11.8 Å². The molecule has 0 aliphatic heterocycles. The number of hydrogen-bond donors (Lipinski definition) is 2. The van der Waals surface area contributed by atoms with E-state index in [1.807, 2.05) is 24.3 Å². The maximum Gasteiger partial charge on any atom is 0.234 e. The molecule has 9 heteroatoms. The minimum atomic E-state index is -0.378. The van der Waals surface area contributed by atoms with E-state index in [1.54, 1.807) is 10.6 Å². The molecule has 0 unspecified atom stereocenters. The molecule has 0 fully saturated rings. The van der Waals surface area contributed by atoms with Crippen molar-refractivity contribution < 1.29 is 14.0 Å². The van der Waals surface area contributed by atoms with Gasteiger partial charge in [0.1, 0.15) is 11.6 Å². The quantitative estimate of drug-likeness (QED) is 0.335. The zero-order valence-electron chi connectivity index (χ0n) is 18.5. The number of allylic oxidation sites excluding steroid dienone is 1. The van der Waals surface area contributed by atoms with Crippen LogP contribution in [0.25, 0.3) is 0 Å². The Bertz CT molecular complexity index is 1110. The highest BCUT2D eigenvalue weighted by Gasteiger charge is 2.16. The van der Waals surface area contributed by atoms with Crippen molar-refractivity contribution in [2.45, 2.75) is 37.9 Å². The van der Waals surface area contributed by atoms with Crippen LogP contribution in [-0.4, -0.2) is 32.3 Å². The molecule has 1 heterocycles. The Morgan fingerprint density at radius 1 is 1.03 bits per heavy atom. The molecule has 0 spiro atoms. The van der Waals surface area contributed by atoms with Crippen molar-refractivity contribution in [2.24, 2.45) is 0 Å². The van der Waals surface area contributed by atoms with Crippen LogP contribution in [-0.2, 0) is 22.6 Å². The van der Waals surface area contributed by atoms with Crippen LogP contribution in [0.1, 0.15) is 31.2 Å². The van der Waals surface area contributed by atoms with Crippen LogP contribution in [0.5, 0.6) is 0 Å². The maximum absolute atomic E-state index is 13.0. The Morgan fingerprint density at radius 2 is 1.64 bits per heavy atom. The Balaban J connectivity index is 1.59. The van der Waals surface area contributed by atoms with Gasteiger partial charge in [0.2, 0.25) is 11.8 Å². The lowest BCUT2D eigenvalue weighted by Crippen LogP contribution is -2.18. The molecule has 2 amide bonds. The smallest absolute Gasteiger partial charge is 0.234 e. The standard InChI is InChI=1S/C24H26FN5O2S/c1-4-13-30-21(14-22(31)26-20-11-7-18(25)8-12-20)28-29-24(30)33-15-23(32)27-19-9-5-17(6-10-19)16(2)3/h4-12,16H,1,13-15H2,2-3H3,(H,26,31)(H,27,32). The summed E-state index contributed by atoms with van der Waals surface area (Å²) < 4.78 is 14.8. The van der Waals surface area contributed by atoms with Crippen molar-refractivity contribution in [1.82, 2.24) is 14.8 Å². The van der Waals surface area contributed by atoms with E-state index >= 15 is 0 Å². The predicted octanol–water partition coefficient (Wildman–Crippen LogP) is 4.64. The molecular weight excluding hydrogens is 441 g/mol. The Labute approximate surface area is 196 Å². The van der Waals surface area contributed by atoms with Crippen LogP contribution < -0.4 is 10.6 Å². The third kappa shape index (κ3) is 7.01. The molecule has 0 radical (unpaired) electrons. The molecule has 1 aromatic heterocycles. The minimum absolute atomic E-state index is 0.0207. The molecule has 2 N–H and O–H groups in total. The number of hydrogen-bond acceptors (Lipinski definition) is 5. The molecule has 0 bridgehead atoms. The summed E-state index contributed by atoms with van der Waals surface area (Å²) in [5.74, 6) is 0.162. The molecule has 3 aromatic rings. The second kappa shape index (κ2) is 11.4. The van der Waals surface area contributed by atoms with Crippen LogP contribution in [0.2, 0.25) is 0 Å². The first-order valence-corrected chi connectivity index (χ1v) is 11.4. The van der Waals surface area contributed by atoms with E-state index in [-0.39, 0.29) is 29.8 Å². The molecule has 0 saturated heterocycles. The number of nitrogens with one attached hydrogen (secondary N) is 2. The number of aromatic nitrogens is 3. The second-order valence-corrected chi connectivity index (χ2v) is 8.59. The van der Waals surface area contributed by atoms with Crippen LogP contribution in [0.3, 0.4) is 0 Å². The molecular formula is C24H26FN5O2S. The summed E-state index contributed by atoms with van der Waals surface area (Å²) in [6.45, 7) is 8.37. The van der Waals surface area contributed by atoms with Gasteiger partial charge in [-0.15, -0.1) is 16.8 Å². The lowest BCUT2D eigenvalue weighted by molar-refractivity contribution is -0.116. The molecule has 0 aliphatic carbocycles. The van der Waals surface area contributed by atoms with Gasteiger partial charge in [-0.2, -0.15) is 0 Å². The van der Waals surface area contributed by atoms with Gasteiger partial charge in [0.05, 0.1) is 12.2 Å². The average molecular weight is 468 g/mol. The average Bonchev–Trinajstić information content (AvgIpc) is 3.15. The summed E-state index contributed by atoms with van der Waals surface area (Å²) >= 11 is 1.23. The number of thioether (sulfide) groups is 1. The third-order valence-electron chi connectivity index (χ3n) is 4.75. The summed E-state index contributed by atoms with van der Waals surface area (Å²) in [4.78, 5) is 24.8. The topological polar surface area (TPSA) is 88.9 Å². The summed E-state index contributed by atoms with van der Waals surface area (Å²) in [5.41, 5.74) is 2.43. The van der Waals surface area contributed by atoms with E-state index in [4.69, 9.17) is 0 Å². The molecule has 3 rings (SSSR count). The van der Waals surface area contributed by atoms with Crippen LogP contribution in [0.4, 0.5) is 15.8 Å². The van der Waals surface area contributed by atoms with E-state index in [0.29, 0.717) is 29.1 Å². The second-order valence-electron chi connectivity index (χ2n) is 7.64. The Kier molecular flexibility index (Phi) is 8.37. The maximum atomic E-state index is 13.0. The minimum Gasteiger partial charge on any atom is -0.326 e. The Morgan fingerprint density at radius 3 is 2.24 bits per heavy atom. The highest BCUT2D eigenvalue weighted by atomic mass is 32.2. The molecule has 0 atom stereocenters. The highest BCUT2D eigenvalue weighted by Crippen LogP contribution is 2.20. The van der Waals surface area contributed by atoms with Crippen LogP contribution in [0.15, 0.2) is 66.3 Å². The zero-order chi connectivity index (χ0) is 23.8. The predicted molar refractivity (Wildman–Crippen MR) is 129 cm³/mol. The van der Waals surface area contributed by atoms with Gasteiger partial charge in [-0.1, -0.05) is 43.8 Å². The van der Waals surface area contributed by atoms with E-state index in [0.717, 1.165) is 5.69 Å². The summed E-state index contributed by atoms with van der Waals surface area (Å²) in [7, 11) is 0. The van der Waals surface area contributed by atoms with Crippen molar-refractivity contribution in [3.63, 3.8) is 0 Å². The van der Waals surface area contributed by atoms with E-state index in [1.165, 1.54) is 41.6 Å². The van der Waals surface area contributed by atoms with Crippen molar-refractivity contribution >= 4 is 35.0 Å². The van der Waals surface area contributed by atoms with Gasteiger partial charge in [0.15, 0.2) is 5.16 Å². The molecule has 7 nitrogen and oxygen atoms in total. The summed E-state index contributed by atoms with van der Waals surface area (Å²) in [6.07, 6.45) is 1.65. The fourth-order valence-electron chi connectivity index (χ4n) is 3.03. The van der Waals surface area contributed by atoms with Gasteiger partial charge in [0.25, 0.3) is 0 Å². The molecule has 0 aliphatic rings. The number of carbonyl (C=O) groups is 2. The largest absolute Gasteiger partial charge is 0.326 e. The highest BCUT2D eigenvalue weighted by molar-refractivity contribution is 7.99. The first-order chi connectivity index (χ1) is 15.9. The lowest BCUT2D eigenvalue weighted by Gasteiger charge is -2.09. The molecule has 2 aromatic carbocycles. The van der Waals surface area contributed by atoms with Crippen molar-refractivity contribution in [2.75, 3.05) is 16.4 Å². The number of halogens is 1. The van der Waals surface area contributed by atoms with Gasteiger partial charge in [-0.3, -0.25) is 9.59 Å². The third-order valence-corrected chi connectivity index (χ3v) is 5.71. The SMILES string of the molecule is C=CCn1c(CC(=O)Nc2ccc(F)cc2)nnc1SCC(=O)Nc1ccc(C(C)C)cc1. The monoisotopic (exact) mass is 467 g/mol. The Hall–Kier alpha value is -3.46. The van der Waals surface area contributed by atoms with Gasteiger partial charge < -0.3 is 15.2 Å². The van der Waals surface area contributed by atoms with Crippen LogP contribution in [0, 0.1) is 5.82 Å². The fourth-order valence-corrected chi connectivity index (χ4v) is 3.80. The van der Waals surface area contributed by atoms with E-state index in [2.05, 4.69) is 41.3 Å². The number of carbonyl (C=O) groups excluding carboxylic acids is 2. The number of benzene rings is 2. The number of nitrogens with zero attached hydrogens (tertiary/aromatic N) is 3. The van der Waals surface area contributed by atoms with Gasteiger partial charge in [-0.05, 0) is 47.9 Å². The van der Waals surface area contributed by atoms with Crippen molar-refractivity contribution in [3.05, 3.63) is 78.4 Å². The fraction of sp³-hybridized carbons (Fsp3) is 0.250. The van der Waals surface area contributed by atoms with Crippen molar-refractivity contribution in [1.29, 1.82) is 0 Å².